The molecule has 1 aliphatic rings. The topological polar surface area (TPSA) is 58.2 Å². The van der Waals surface area contributed by atoms with Gasteiger partial charge in [-0.15, -0.1) is 0 Å². The van der Waals surface area contributed by atoms with E-state index in [0.29, 0.717) is 6.42 Å². The van der Waals surface area contributed by atoms with Crippen molar-refractivity contribution in [2.24, 2.45) is 0 Å². The molecule has 1 fully saturated rings. The molecule has 1 unspecified atom stereocenters. The Kier molecular flexibility index (Phi) is 4.88. The predicted octanol–water partition coefficient (Wildman–Crippen LogP) is 3.10. The molecule has 2 aromatic carbocycles. The lowest BCUT2D eigenvalue weighted by Crippen LogP contribution is -2.68. The van der Waals surface area contributed by atoms with Gasteiger partial charge in [-0.2, -0.15) is 0 Å². The average Bonchev–Trinajstić information content (AvgIpc) is 2.64. The van der Waals surface area contributed by atoms with Crippen LogP contribution in [0.2, 0.25) is 0 Å². The van der Waals surface area contributed by atoms with Crippen LogP contribution in [0.1, 0.15) is 43.7 Å². The third-order valence-corrected chi connectivity index (χ3v) is 5.22. The molecule has 1 heterocycles. The number of hydrogen-bond donors (Lipinski definition) is 2. The zero-order chi connectivity index (χ0) is 17.9. The second-order valence-corrected chi connectivity index (χ2v) is 6.47. The number of hydrogen-bond acceptors (Lipinski definition) is 2. The summed E-state index contributed by atoms with van der Waals surface area (Å²) < 4.78 is 0. The second-order valence-electron chi connectivity index (χ2n) is 6.47. The van der Waals surface area contributed by atoms with Crippen LogP contribution in [0, 0.1) is 0 Å². The molecule has 1 atom stereocenters. The Morgan fingerprint density at radius 3 is 1.88 bits per heavy atom. The molecule has 3 rings (SSSR count). The van der Waals surface area contributed by atoms with Crippen LogP contribution < -0.4 is 10.6 Å². The maximum absolute atomic E-state index is 13.0. The standard InChI is InChI=1S/C21H24N2O2/c1-3-17(15-11-7-5-8-12-15)18-22-19(24)21(4-2,20(25)23-18)16-13-9-6-10-14-16/h5-14,17-18H,3-4H2,1-2H3,(H,22,24)(H,23,25). The minimum Gasteiger partial charge on any atom is -0.334 e. The molecule has 4 heteroatoms. The van der Waals surface area contributed by atoms with Crippen molar-refractivity contribution in [1.82, 2.24) is 10.6 Å². The quantitative estimate of drug-likeness (QED) is 0.824. The molecule has 2 N–H and O–H groups in total. The van der Waals surface area contributed by atoms with Gasteiger partial charge in [0.15, 0.2) is 5.41 Å². The Hall–Kier alpha value is -2.62. The van der Waals surface area contributed by atoms with Crippen molar-refractivity contribution in [2.75, 3.05) is 0 Å². The summed E-state index contributed by atoms with van der Waals surface area (Å²) >= 11 is 0. The van der Waals surface area contributed by atoms with Gasteiger partial charge < -0.3 is 10.6 Å². The molecule has 1 aliphatic heterocycles. The van der Waals surface area contributed by atoms with E-state index < -0.39 is 11.6 Å². The van der Waals surface area contributed by atoms with Gasteiger partial charge in [-0.1, -0.05) is 74.5 Å². The molecule has 0 spiro atoms. The van der Waals surface area contributed by atoms with E-state index >= 15 is 0 Å². The molecule has 0 bridgehead atoms. The first kappa shape index (κ1) is 17.2. The molecular weight excluding hydrogens is 312 g/mol. The lowest BCUT2D eigenvalue weighted by atomic mass is 9.74. The first-order valence-corrected chi connectivity index (χ1v) is 8.85. The van der Waals surface area contributed by atoms with E-state index in [1.54, 1.807) is 0 Å². The fraction of sp³-hybridized carbons (Fsp3) is 0.333. The second kappa shape index (κ2) is 7.09. The monoisotopic (exact) mass is 336 g/mol. The van der Waals surface area contributed by atoms with Crippen LogP contribution in [-0.2, 0) is 15.0 Å². The molecule has 1 saturated heterocycles. The fourth-order valence-corrected chi connectivity index (χ4v) is 3.74. The van der Waals surface area contributed by atoms with E-state index in [2.05, 4.69) is 17.6 Å². The van der Waals surface area contributed by atoms with Gasteiger partial charge in [0, 0.05) is 5.92 Å². The first-order chi connectivity index (χ1) is 12.1. The average molecular weight is 336 g/mol. The van der Waals surface area contributed by atoms with Crippen molar-refractivity contribution in [1.29, 1.82) is 0 Å². The summed E-state index contributed by atoms with van der Waals surface area (Å²) in [5.74, 6) is -0.395. The smallest absolute Gasteiger partial charge is 0.241 e. The minimum atomic E-state index is -1.16. The summed E-state index contributed by atoms with van der Waals surface area (Å²) in [6, 6.07) is 19.3. The van der Waals surface area contributed by atoms with E-state index in [1.807, 2.05) is 67.6 Å². The molecule has 130 valence electrons. The van der Waals surface area contributed by atoms with Gasteiger partial charge in [-0.25, -0.2) is 0 Å². The Balaban J connectivity index is 1.92. The van der Waals surface area contributed by atoms with E-state index in [4.69, 9.17) is 0 Å². The third kappa shape index (κ3) is 2.93. The van der Waals surface area contributed by atoms with Gasteiger partial charge in [0.25, 0.3) is 0 Å². The van der Waals surface area contributed by atoms with Crippen LogP contribution >= 0.6 is 0 Å². The molecule has 2 aromatic rings. The molecule has 0 aliphatic carbocycles. The number of carbonyl (C=O) groups excluding carboxylic acids is 2. The normalized spacial score (nSPS) is 24.3. The van der Waals surface area contributed by atoms with Crippen molar-refractivity contribution in [2.45, 2.75) is 44.2 Å². The lowest BCUT2D eigenvalue weighted by Gasteiger charge is -2.41. The maximum Gasteiger partial charge on any atom is 0.241 e. The number of nitrogens with one attached hydrogen (secondary N) is 2. The largest absolute Gasteiger partial charge is 0.334 e. The molecule has 0 radical (unpaired) electrons. The highest BCUT2D eigenvalue weighted by atomic mass is 16.2. The van der Waals surface area contributed by atoms with E-state index in [9.17, 15) is 9.59 Å². The van der Waals surface area contributed by atoms with E-state index in [1.165, 1.54) is 0 Å². The number of benzene rings is 2. The minimum absolute atomic E-state index is 0.0414. The van der Waals surface area contributed by atoms with Crippen molar-refractivity contribution >= 4 is 11.8 Å². The Labute approximate surface area is 148 Å². The van der Waals surface area contributed by atoms with Gasteiger partial charge in [0.2, 0.25) is 11.8 Å². The van der Waals surface area contributed by atoms with E-state index in [-0.39, 0.29) is 17.7 Å². The number of carbonyl (C=O) groups is 2. The molecule has 0 saturated carbocycles. The van der Waals surface area contributed by atoms with E-state index in [0.717, 1.165) is 17.5 Å². The van der Waals surface area contributed by atoms with Crippen molar-refractivity contribution in [3.8, 4) is 0 Å². The fourth-order valence-electron chi connectivity index (χ4n) is 3.74. The summed E-state index contributed by atoms with van der Waals surface area (Å²) in [5, 5.41) is 6.13. The van der Waals surface area contributed by atoms with Crippen LogP contribution in [0.5, 0.6) is 0 Å². The highest BCUT2D eigenvalue weighted by Gasteiger charge is 2.51. The van der Waals surface area contributed by atoms with Crippen molar-refractivity contribution < 1.29 is 9.59 Å². The summed E-state index contributed by atoms with van der Waals surface area (Å²) in [6.45, 7) is 3.94. The molecule has 2 amide bonds. The molecule has 25 heavy (non-hydrogen) atoms. The summed E-state index contributed by atoms with van der Waals surface area (Å²) in [6.07, 6.45) is 0.847. The SMILES string of the molecule is CCC(c1ccccc1)C1NC(=O)C(CC)(c2ccccc2)C(=O)N1. The summed E-state index contributed by atoms with van der Waals surface area (Å²) in [4.78, 5) is 26.1. The van der Waals surface area contributed by atoms with Crippen LogP contribution in [0.15, 0.2) is 60.7 Å². The van der Waals surface area contributed by atoms with Gasteiger partial charge in [0.05, 0.1) is 0 Å². The Morgan fingerprint density at radius 1 is 0.880 bits per heavy atom. The Bertz CT molecular complexity index is 725. The summed E-state index contributed by atoms with van der Waals surface area (Å²) in [5.41, 5.74) is 0.685. The van der Waals surface area contributed by atoms with Gasteiger partial charge in [-0.3, -0.25) is 9.59 Å². The van der Waals surface area contributed by atoms with Crippen LogP contribution in [0.3, 0.4) is 0 Å². The van der Waals surface area contributed by atoms with Crippen LogP contribution in [-0.4, -0.2) is 18.0 Å². The van der Waals surface area contributed by atoms with Gasteiger partial charge >= 0.3 is 0 Å². The van der Waals surface area contributed by atoms with Crippen LogP contribution in [0.4, 0.5) is 0 Å². The number of rotatable bonds is 5. The predicted molar refractivity (Wildman–Crippen MR) is 98.0 cm³/mol. The highest BCUT2D eigenvalue weighted by molar-refractivity contribution is 6.12. The summed E-state index contributed by atoms with van der Waals surface area (Å²) in [7, 11) is 0. The lowest BCUT2D eigenvalue weighted by molar-refractivity contribution is -0.143. The molecule has 0 aromatic heterocycles. The highest BCUT2D eigenvalue weighted by Crippen LogP contribution is 2.33. The zero-order valence-corrected chi connectivity index (χ0v) is 14.7. The Morgan fingerprint density at radius 2 is 1.40 bits per heavy atom. The molecular formula is C21H24N2O2. The maximum atomic E-state index is 13.0. The van der Waals surface area contributed by atoms with Crippen molar-refractivity contribution in [3.05, 3.63) is 71.8 Å². The number of amides is 2. The van der Waals surface area contributed by atoms with Crippen molar-refractivity contribution in [3.63, 3.8) is 0 Å². The molecule has 4 nitrogen and oxygen atoms in total. The van der Waals surface area contributed by atoms with Gasteiger partial charge in [-0.05, 0) is 24.0 Å². The van der Waals surface area contributed by atoms with Crippen LogP contribution in [0.25, 0.3) is 0 Å². The zero-order valence-electron chi connectivity index (χ0n) is 14.7. The first-order valence-electron chi connectivity index (χ1n) is 8.85. The third-order valence-electron chi connectivity index (χ3n) is 5.22. The van der Waals surface area contributed by atoms with Gasteiger partial charge in [0.1, 0.15) is 6.17 Å².